The first-order valence-corrected chi connectivity index (χ1v) is 8.19. The van der Waals surface area contributed by atoms with E-state index >= 15 is 0 Å². The minimum Gasteiger partial charge on any atom is -0.384 e. The quantitative estimate of drug-likeness (QED) is 0.726. The molecule has 0 bridgehead atoms. The van der Waals surface area contributed by atoms with Crippen LogP contribution in [0.15, 0.2) is 36.7 Å². The number of hydrogen-bond acceptors (Lipinski definition) is 5. The molecule has 1 aliphatic carbocycles. The van der Waals surface area contributed by atoms with Crippen LogP contribution in [-0.2, 0) is 5.60 Å². The van der Waals surface area contributed by atoms with Crippen LogP contribution in [0.3, 0.4) is 0 Å². The Morgan fingerprint density at radius 2 is 1.96 bits per heavy atom. The largest absolute Gasteiger partial charge is 0.384 e. The van der Waals surface area contributed by atoms with Gasteiger partial charge in [0.1, 0.15) is 23.6 Å². The number of nitrogens with zero attached hydrogens (tertiary/aromatic N) is 2. The molecule has 3 N–H and O–H groups in total. The van der Waals surface area contributed by atoms with Crippen molar-refractivity contribution in [3.8, 4) is 0 Å². The SMILES string of the molecule is CC(O)(CNc1cc(NCC2CC2)ncn1)c1cccc(Cl)c1. The topological polar surface area (TPSA) is 70.1 Å². The van der Waals surface area contributed by atoms with Gasteiger partial charge < -0.3 is 15.7 Å². The monoisotopic (exact) mass is 332 g/mol. The van der Waals surface area contributed by atoms with Gasteiger partial charge in [-0.3, -0.25) is 0 Å². The van der Waals surface area contributed by atoms with Crippen molar-refractivity contribution in [2.24, 2.45) is 5.92 Å². The Morgan fingerprint density at radius 3 is 2.65 bits per heavy atom. The Hall–Kier alpha value is -1.85. The summed E-state index contributed by atoms with van der Waals surface area (Å²) in [6.45, 7) is 3.03. The van der Waals surface area contributed by atoms with Crippen molar-refractivity contribution in [2.75, 3.05) is 23.7 Å². The second-order valence-electron chi connectivity index (χ2n) is 6.25. The highest BCUT2D eigenvalue weighted by Gasteiger charge is 2.23. The molecular formula is C17H21ClN4O. The molecule has 1 unspecified atom stereocenters. The van der Waals surface area contributed by atoms with E-state index in [9.17, 15) is 5.11 Å². The van der Waals surface area contributed by atoms with E-state index in [1.54, 1.807) is 19.1 Å². The third-order valence-corrected chi connectivity index (χ3v) is 4.23. The van der Waals surface area contributed by atoms with Crippen molar-refractivity contribution >= 4 is 23.2 Å². The van der Waals surface area contributed by atoms with E-state index in [0.29, 0.717) is 17.4 Å². The zero-order chi connectivity index (χ0) is 16.3. The van der Waals surface area contributed by atoms with E-state index in [4.69, 9.17) is 11.6 Å². The highest BCUT2D eigenvalue weighted by molar-refractivity contribution is 6.30. The zero-order valence-electron chi connectivity index (χ0n) is 13.1. The van der Waals surface area contributed by atoms with Crippen molar-refractivity contribution in [2.45, 2.75) is 25.4 Å². The minimum absolute atomic E-state index is 0.326. The van der Waals surface area contributed by atoms with Crippen LogP contribution in [0.2, 0.25) is 5.02 Å². The molecule has 1 heterocycles. The van der Waals surface area contributed by atoms with Crippen molar-refractivity contribution in [3.05, 3.63) is 47.2 Å². The molecule has 3 rings (SSSR count). The molecule has 0 radical (unpaired) electrons. The van der Waals surface area contributed by atoms with Gasteiger partial charge in [0.05, 0.1) is 0 Å². The average molecular weight is 333 g/mol. The van der Waals surface area contributed by atoms with Gasteiger partial charge in [-0.25, -0.2) is 9.97 Å². The van der Waals surface area contributed by atoms with Crippen molar-refractivity contribution in [3.63, 3.8) is 0 Å². The van der Waals surface area contributed by atoms with Crippen LogP contribution >= 0.6 is 11.6 Å². The molecule has 122 valence electrons. The van der Waals surface area contributed by atoms with E-state index < -0.39 is 5.60 Å². The highest BCUT2D eigenvalue weighted by Crippen LogP contribution is 2.29. The summed E-state index contributed by atoms with van der Waals surface area (Å²) in [7, 11) is 0. The molecule has 0 saturated heterocycles. The van der Waals surface area contributed by atoms with Gasteiger partial charge in [0, 0.05) is 24.2 Å². The van der Waals surface area contributed by atoms with E-state index in [-0.39, 0.29) is 0 Å². The Labute approximate surface area is 141 Å². The van der Waals surface area contributed by atoms with Crippen LogP contribution in [0.5, 0.6) is 0 Å². The number of halogens is 1. The molecule has 1 atom stereocenters. The molecule has 1 saturated carbocycles. The summed E-state index contributed by atoms with van der Waals surface area (Å²) in [5.41, 5.74) is -0.282. The van der Waals surface area contributed by atoms with Gasteiger partial charge in [-0.1, -0.05) is 23.7 Å². The summed E-state index contributed by atoms with van der Waals surface area (Å²) >= 11 is 5.99. The summed E-state index contributed by atoms with van der Waals surface area (Å²) in [4.78, 5) is 8.41. The third kappa shape index (κ3) is 4.56. The van der Waals surface area contributed by atoms with E-state index in [0.717, 1.165) is 23.8 Å². The summed E-state index contributed by atoms with van der Waals surface area (Å²) in [5, 5.41) is 17.7. The summed E-state index contributed by atoms with van der Waals surface area (Å²) in [6.07, 6.45) is 4.11. The lowest BCUT2D eigenvalue weighted by Crippen LogP contribution is -2.31. The predicted octanol–water partition coefficient (Wildman–Crippen LogP) is 3.27. The van der Waals surface area contributed by atoms with Crippen molar-refractivity contribution in [1.82, 2.24) is 9.97 Å². The fraction of sp³-hybridized carbons (Fsp3) is 0.412. The molecule has 1 aromatic heterocycles. The molecule has 1 aromatic carbocycles. The molecular weight excluding hydrogens is 312 g/mol. The fourth-order valence-corrected chi connectivity index (χ4v) is 2.50. The van der Waals surface area contributed by atoms with Gasteiger partial charge >= 0.3 is 0 Å². The Kier molecular flexibility index (Phi) is 4.68. The average Bonchev–Trinajstić information content (AvgIpc) is 3.36. The van der Waals surface area contributed by atoms with E-state index in [1.165, 1.54) is 19.2 Å². The number of hydrogen-bond donors (Lipinski definition) is 3. The maximum atomic E-state index is 10.6. The van der Waals surface area contributed by atoms with E-state index in [1.807, 2.05) is 18.2 Å². The summed E-state index contributed by atoms with van der Waals surface area (Å²) in [5.74, 6) is 2.27. The smallest absolute Gasteiger partial charge is 0.131 e. The molecule has 0 aliphatic heterocycles. The summed E-state index contributed by atoms with van der Waals surface area (Å²) < 4.78 is 0. The molecule has 6 heteroatoms. The minimum atomic E-state index is -1.04. The number of aliphatic hydroxyl groups is 1. The molecule has 23 heavy (non-hydrogen) atoms. The van der Waals surface area contributed by atoms with Crippen LogP contribution in [0.4, 0.5) is 11.6 Å². The van der Waals surface area contributed by atoms with Crippen LogP contribution in [0, 0.1) is 5.92 Å². The predicted molar refractivity (Wildman–Crippen MR) is 92.8 cm³/mol. The molecule has 0 amide bonds. The van der Waals surface area contributed by atoms with Gasteiger partial charge in [0.15, 0.2) is 0 Å². The molecule has 5 nitrogen and oxygen atoms in total. The van der Waals surface area contributed by atoms with Gasteiger partial charge in [-0.15, -0.1) is 0 Å². The van der Waals surface area contributed by atoms with Gasteiger partial charge in [0.25, 0.3) is 0 Å². The Morgan fingerprint density at radius 1 is 1.22 bits per heavy atom. The fourth-order valence-electron chi connectivity index (χ4n) is 2.31. The standard InChI is InChI=1S/C17H21ClN4O/c1-17(23,13-3-2-4-14(18)7-13)10-20-16-8-15(21-11-22-16)19-9-12-5-6-12/h2-4,7-8,11-12,23H,5-6,9-10H2,1H3,(H2,19,20,21,22). The molecule has 0 spiro atoms. The van der Waals surface area contributed by atoms with Gasteiger partial charge in [-0.2, -0.15) is 0 Å². The molecule has 2 aromatic rings. The maximum Gasteiger partial charge on any atom is 0.131 e. The van der Waals surface area contributed by atoms with Crippen LogP contribution < -0.4 is 10.6 Å². The third-order valence-electron chi connectivity index (χ3n) is 4.00. The highest BCUT2D eigenvalue weighted by atomic mass is 35.5. The second-order valence-corrected chi connectivity index (χ2v) is 6.69. The lowest BCUT2D eigenvalue weighted by Gasteiger charge is -2.24. The Bertz CT molecular complexity index is 673. The Balaban J connectivity index is 1.61. The van der Waals surface area contributed by atoms with Crippen LogP contribution in [0.1, 0.15) is 25.3 Å². The van der Waals surface area contributed by atoms with Crippen LogP contribution in [0.25, 0.3) is 0 Å². The summed E-state index contributed by atoms with van der Waals surface area (Å²) in [6, 6.07) is 9.10. The molecule has 1 aliphatic rings. The van der Waals surface area contributed by atoms with Gasteiger partial charge in [-0.05, 0) is 43.4 Å². The van der Waals surface area contributed by atoms with Crippen molar-refractivity contribution < 1.29 is 5.11 Å². The van der Waals surface area contributed by atoms with E-state index in [2.05, 4.69) is 20.6 Å². The normalized spacial score (nSPS) is 16.7. The maximum absolute atomic E-state index is 10.6. The zero-order valence-corrected chi connectivity index (χ0v) is 13.8. The van der Waals surface area contributed by atoms with Gasteiger partial charge in [0.2, 0.25) is 0 Å². The number of aromatic nitrogens is 2. The second kappa shape index (κ2) is 6.72. The van der Waals surface area contributed by atoms with Crippen molar-refractivity contribution in [1.29, 1.82) is 0 Å². The number of benzene rings is 1. The lowest BCUT2D eigenvalue weighted by atomic mass is 9.96. The number of rotatable bonds is 7. The first-order valence-electron chi connectivity index (χ1n) is 7.81. The van der Waals surface area contributed by atoms with Crippen LogP contribution in [-0.4, -0.2) is 28.2 Å². The first kappa shape index (κ1) is 16.0. The number of anilines is 2. The lowest BCUT2D eigenvalue weighted by molar-refractivity contribution is 0.0714. The number of nitrogens with one attached hydrogen (secondary N) is 2. The molecule has 1 fully saturated rings. The first-order chi connectivity index (χ1) is 11.0.